The summed E-state index contributed by atoms with van der Waals surface area (Å²) in [5.74, 6) is 0.994. The minimum atomic E-state index is -3.26. The third-order valence-electron chi connectivity index (χ3n) is 5.90. The number of ether oxygens (including phenoxy) is 1. The molecule has 2 fully saturated rings. The number of pyridine rings is 1. The second-order valence-electron chi connectivity index (χ2n) is 7.70. The van der Waals surface area contributed by atoms with Gasteiger partial charge in [0.1, 0.15) is 5.75 Å². The fourth-order valence-corrected chi connectivity index (χ4v) is 6.57. The summed E-state index contributed by atoms with van der Waals surface area (Å²) in [5.41, 5.74) is 2.18. The number of hydrogen-bond acceptors (Lipinski definition) is 5. The molecule has 0 radical (unpaired) electrons. The summed E-state index contributed by atoms with van der Waals surface area (Å²) in [4.78, 5) is 6.54. The Balaban J connectivity index is 1.41. The molecule has 0 saturated carbocycles. The van der Waals surface area contributed by atoms with E-state index < -0.39 is 10.0 Å². The summed E-state index contributed by atoms with van der Waals surface area (Å²) < 4.78 is 33.2. The van der Waals surface area contributed by atoms with E-state index in [4.69, 9.17) is 4.74 Å². The van der Waals surface area contributed by atoms with Crippen LogP contribution in [-0.2, 0) is 23.1 Å². The number of benzene rings is 1. The molecule has 1 aromatic heterocycles. The average molecular weight is 402 g/mol. The molecular weight excluding hydrogens is 374 g/mol. The second kappa shape index (κ2) is 8.19. The maximum atomic E-state index is 13.1. The van der Waals surface area contributed by atoms with E-state index in [1.165, 1.54) is 5.56 Å². The molecule has 2 aromatic rings. The van der Waals surface area contributed by atoms with Crippen LogP contribution in [0.3, 0.4) is 0 Å². The van der Waals surface area contributed by atoms with Crippen LogP contribution in [0.5, 0.6) is 5.75 Å². The largest absolute Gasteiger partial charge is 0.497 e. The van der Waals surface area contributed by atoms with Crippen LogP contribution in [0.4, 0.5) is 0 Å². The van der Waals surface area contributed by atoms with Crippen molar-refractivity contribution in [1.82, 2.24) is 14.2 Å². The van der Waals surface area contributed by atoms with Gasteiger partial charge in [-0.3, -0.25) is 9.88 Å². The molecule has 0 bridgehead atoms. The van der Waals surface area contributed by atoms with Crippen molar-refractivity contribution in [1.29, 1.82) is 0 Å². The lowest BCUT2D eigenvalue weighted by Crippen LogP contribution is -2.31. The van der Waals surface area contributed by atoms with E-state index in [0.29, 0.717) is 19.5 Å². The fraction of sp³-hybridized carbons (Fsp3) is 0.476. The number of fused-ring (bicyclic) bond motifs is 1. The zero-order valence-corrected chi connectivity index (χ0v) is 17.0. The van der Waals surface area contributed by atoms with Crippen molar-refractivity contribution in [2.45, 2.75) is 31.2 Å². The van der Waals surface area contributed by atoms with Crippen molar-refractivity contribution in [3.63, 3.8) is 0 Å². The molecular formula is C21H27N3O3S. The van der Waals surface area contributed by atoms with Crippen LogP contribution in [0, 0.1) is 5.92 Å². The Kier molecular flexibility index (Phi) is 5.66. The molecule has 0 spiro atoms. The van der Waals surface area contributed by atoms with Gasteiger partial charge in [-0.2, -0.15) is 4.31 Å². The van der Waals surface area contributed by atoms with E-state index in [1.54, 1.807) is 17.6 Å². The highest BCUT2D eigenvalue weighted by atomic mass is 32.2. The number of nitrogens with zero attached hydrogens (tertiary/aromatic N) is 3. The summed E-state index contributed by atoms with van der Waals surface area (Å²) in [7, 11) is -1.63. The molecule has 2 aliphatic rings. The van der Waals surface area contributed by atoms with Gasteiger partial charge >= 0.3 is 0 Å². The van der Waals surface area contributed by atoms with Crippen molar-refractivity contribution in [3.8, 4) is 5.75 Å². The van der Waals surface area contributed by atoms with Gasteiger partial charge in [0, 0.05) is 32.0 Å². The number of aromatic nitrogens is 1. The highest BCUT2D eigenvalue weighted by molar-refractivity contribution is 7.90. The van der Waals surface area contributed by atoms with Gasteiger partial charge in [0.25, 0.3) is 0 Å². The predicted octanol–water partition coefficient (Wildman–Crippen LogP) is 2.52. The molecule has 4 rings (SSSR count). The average Bonchev–Trinajstić information content (AvgIpc) is 2.84. The first-order valence-electron chi connectivity index (χ1n) is 9.79. The SMILES string of the molecule is COc1ccc(CN2C[C@@H]3CCN(Cc4cccnc4)CC[C@@H]3S2(=O)=O)cc1. The van der Waals surface area contributed by atoms with Gasteiger partial charge in [0.05, 0.1) is 12.4 Å². The van der Waals surface area contributed by atoms with Crippen LogP contribution in [0.1, 0.15) is 24.0 Å². The van der Waals surface area contributed by atoms with E-state index in [9.17, 15) is 8.42 Å². The van der Waals surface area contributed by atoms with Crippen LogP contribution in [0.25, 0.3) is 0 Å². The Morgan fingerprint density at radius 1 is 1.07 bits per heavy atom. The Bertz CT molecular complexity index is 887. The molecule has 28 heavy (non-hydrogen) atoms. The minimum Gasteiger partial charge on any atom is -0.497 e. The number of methoxy groups -OCH3 is 1. The lowest BCUT2D eigenvalue weighted by molar-refractivity contribution is 0.266. The Morgan fingerprint density at radius 3 is 2.57 bits per heavy atom. The quantitative estimate of drug-likeness (QED) is 0.770. The van der Waals surface area contributed by atoms with Gasteiger partial charge in [0.15, 0.2) is 0 Å². The molecule has 150 valence electrons. The predicted molar refractivity (Wildman–Crippen MR) is 108 cm³/mol. The van der Waals surface area contributed by atoms with E-state index in [2.05, 4.69) is 16.0 Å². The number of hydrogen-bond donors (Lipinski definition) is 0. The first-order valence-corrected chi connectivity index (χ1v) is 11.3. The van der Waals surface area contributed by atoms with Gasteiger partial charge in [-0.1, -0.05) is 18.2 Å². The molecule has 0 amide bonds. The smallest absolute Gasteiger partial charge is 0.217 e. The summed E-state index contributed by atoms with van der Waals surface area (Å²) in [6.07, 6.45) is 5.29. The first-order chi connectivity index (χ1) is 13.6. The summed E-state index contributed by atoms with van der Waals surface area (Å²) >= 11 is 0. The summed E-state index contributed by atoms with van der Waals surface area (Å²) in [5, 5.41) is -0.260. The Hall–Kier alpha value is -1.96. The summed E-state index contributed by atoms with van der Waals surface area (Å²) in [6, 6.07) is 11.7. The van der Waals surface area contributed by atoms with E-state index in [0.717, 1.165) is 37.4 Å². The second-order valence-corrected chi connectivity index (χ2v) is 9.85. The van der Waals surface area contributed by atoms with E-state index in [-0.39, 0.29) is 11.2 Å². The molecule has 1 aromatic carbocycles. The maximum Gasteiger partial charge on any atom is 0.217 e. The van der Waals surface area contributed by atoms with Gasteiger partial charge in [0.2, 0.25) is 10.0 Å². The molecule has 0 aliphatic carbocycles. The lowest BCUT2D eigenvalue weighted by atomic mass is 10.0. The standard InChI is InChI=1S/C21H27N3O3S/c1-27-20-6-4-17(5-7-20)15-24-16-19-8-11-23(12-9-21(19)28(24,25)26)14-18-3-2-10-22-13-18/h2-7,10,13,19,21H,8-9,11-12,14-16H2,1H3/t19-,21-/m0/s1. The number of rotatable bonds is 5. The zero-order chi connectivity index (χ0) is 19.6. The molecule has 0 N–H and O–H groups in total. The maximum absolute atomic E-state index is 13.1. The zero-order valence-electron chi connectivity index (χ0n) is 16.2. The van der Waals surface area contributed by atoms with E-state index in [1.807, 2.05) is 36.5 Å². The first kappa shape index (κ1) is 19.4. The highest BCUT2D eigenvalue weighted by Crippen LogP contribution is 2.35. The molecule has 3 heterocycles. The van der Waals surface area contributed by atoms with Crippen LogP contribution < -0.4 is 4.74 Å². The van der Waals surface area contributed by atoms with Crippen molar-refractivity contribution in [2.75, 3.05) is 26.7 Å². The van der Waals surface area contributed by atoms with E-state index >= 15 is 0 Å². The third kappa shape index (κ3) is 4.06. The highest BCUT2D eigenvalue weighted by Gasteiger charge is 2.46. The molecule has 0 unspecified atom stereocenters. The third-order valence-corrected chi connectivity index (χ3v) is 8.28. The van der Waals surface area contributed by atoms with Crippen molar-refractivity contribution < 1.29 is 13.2 Å². The van der Waals surface area contributed by atoms with Crippen molar-refractivity contribution in [2.24, 2.45) is 5.92 Å². The fourth-order valence-electron chi connectivity index (χ4n) is 4.35. The normalized spacial score (nSPS) is 25.2. The lowest BCUT2D eigenvalue weighted by Gasteiger charge is -2.22. The summed E-state index contributed by atoms with van der Waals surface area (Å²) in [6.45, 7) is 3.65. The van der Waals surface area contributed by atoms with Crippen LogP contribution in [-0.4, -0.2) is 54.6 Å². The van der Waals surface area contributed by atoms with Gasteiger partial charge in [-0.25, -0.2) is 8.42 Å². The Morgan fingerprint density at radius 2 is 1.86 bits per heavy atom. The molecule has 2 atom stereocenters. The minimum absolute atomic E-state index is 0.210. The number of sulfonamides is 1. The van der Waals surface area contributed by atoms with Crippen molar-refractivity contribution in [3.05, 3.63) is 59.9 Å². The monoisotopic (exact) mass is 401 g/mol. The number of likely N-dealkylation sites (tertiary alicyclic amines) is 1. The van der Waals surface area contributed by atoms with Gasteiger partial charge < -0.3 is 4.74 Å². The van der Waals surface area contributed by atoms with Gasteiger partial charge in [-0.05, 0) is 61.2 Å². The molecule has 2 aliphatic heterocycles. The molecule has 2 saturated heterocycles. The Labute approximate surface area is 167 Å². The van der Waals surface area contributed by atoms with Gasteiger partial charge in [-0.15, -0.1) is 0 Å². The van der Waals surface area contributed by atoms with Crippen LogP contribution in [0.15, 0.2) is 48.8 Å². The van der Waals surface area contributed by atoms with Crippen LogP contribution in [0.2, 0.25) is 0 Å². The molecule has 7 heteroatoms. The van der Waals surface area contributed by atoms with Crippen LogP contribution >= 0.6 is 0 Å². The molecule has 6 nitrogen and oxygen atoms in total. The topological polar surface area (TPSA) is 62.7 Å². The van der Waals surface area contributed by atoms with Crippen molar-refractivity contribution >= 4 is 10.0 Å².